The van der Waals surface area contributed by atoms with E-state index < -0.39 is 0 Å². The smallest absolute Gasteiger partial charge is 0.160 e. The fourth-order valence-corrected chi connectivity index (χ4v) is 4.52. The summed E-state index contributed by atoms with van der Waals surface area (Å²) in [5.41, 5.74) is 8.69. The van der Waals surface area contributed by atoms with Gasteiger partial charge in [-0.25, -0.2) is 0 Å². The van der Waals surface area contributed by atoms with Crippen molar-refractivity contribution in [3.05, 3.63) is 108 Å². The number of pyridine rings is 2. The van der Waals surface area contributed by atoms with Crippen molar-refractivity contribution < 1.29 is 4.42 Å². The van der Waals surface area contributed by atoms with Gasteiger partial charge < -0.3 is 4.42 Å². The van der Waals surface area contributed by atoms with Gasteiger partial charge in [0.05, 0.1) is 12.0 Å². The van der Waals surface area contributed by atoms with E-state index in [0.29, 0.717) is 0 Å². The highest BCUT2D eigenvalue weighted by molar-refractivity contribution is 6.09. The molecule has 0 saturated heterocycles. The standard InChI is InChI=1S/C29H22N2O/c1-18-3-5-23-14-20(4-6-22(23)11-18)13-21-7-9-30-27(15-21)25-16-24-8-10-32-29(24)28-26(25)12-19(2)17-31-28/h3-12,14-17H,13H2,1-2H3. The van der Waals surface area contributed by atoms with E-state index in [0.717, 1.165) is 45.1 Å². The lowest BCUT2D eigenvalue weighted by Crippen LogP contribution is -1.93. The van der Waals surface area contributed by atoms with Crippen LogP contribution in [0.3, 0.4) is 0 Å². The minimum Gasteiger partial charge on any atom is -0.462 e. The monoisotopic (exact) mass is 414 g/mol. The minimum atomic E-state index is 0.825. The molecule has 0 atom stereocenters. The molecule has 6 aromatic rings. The highest BCUT2D eigenvalue weighted by atomic mass is 16.3. The maximum atomic E-state index is 5.72. The van der Waals surface area contributed by atoms with Crippen LogP contribution in [0.4, 0.5) is 0 Å². The van der Waals surface area contributed by atoms with Crippen molar-refractivity contribution in [3.63, 3.8) is 0 Å². The third-order valence-corrected chi connectivity index (χ3v) is 6.09. The van der Waals surface area contributed by atoms with E-state index in [-0.39, 0.29) is 0 Å². The molecule has 0 aliphatic rings. The first kappa shape index (κ1) is 18.8. The molecule has 32 heavy (non-hydrogen) atoms. The SMILES string of the molecule is Cc1ccc2cc(Cc3ccnc(-c4cc5ccoc5c5ncc(C)cc45)c3)ccc2c1. The average Bonchev–Trinajstić information content (AvgIpc) is 3.27. The van der Waals surface area contributed by atoms with Gasteiger partial charge in [0.15, 0.2) is 5.58 Å². The molecule has 0 aliphatic heterocycles. The molecular formula is C29H22N2O. The number of benzene rings is 3. The first-order valence-electron chi connectivity index (χ1n) is 10.9. The zero-order valence-electron chi connectivity index (χ0n) is 18.1. The summed E-state index contributed by atoms with van der Waals surface area (Å²) >= 11 is 0. The van der Waals surface area contributed by atoms with Gasteiger partial charge in [0, 0.05) is 28.7 Å². The second-order valence-corrected chi connectivity index (χ2v) is 8.58. The molecule has 3 aromatic heterocycles. The quantitative estimate of drug-likeness (QED) is 0.303. The van der Waals surface area contributed by atoms with Crippen LogP contribution in [0.5, 0.6) is 0 Å². The number of aryl methyl sites for hydroxylation is 2. The Morgan fingerprint density at radius 2 is 1.56 bits per heavy atom. The third kappa shape index (κ3) is 3.23. The van der Waals surface area contributed by atoms with Gasteiger partial charge in [0.25, 0.3) is 0 Å². The lowest BCUT2D eigenvalue weighted by atomic mass is 9.97. The minimum absolute atomic E-state index is 0.825. The van der Waals surface area contributed by atoms with Crippen molar-refractivity contribution >= 4 is 32.6 Å². The Kier molecular flexibility index (Phi) is 4.29. The Morgan fingerprint density at radius 1 is 0.719 bits per heavy atom. The third-order valence-electron chi connectivity index (χ3n) is 6.09. The van der Waals surface area contributed by atoms with Crippen LogP contribution in [0.25, 0.3) is 43.9 Å². The molecule has 0 radical (unpaired) electrons. The van der Waals surface area contributed by atoms with E-state index in [1.165, 1.54) is 27.5 Å². The molecule has 6 rings (SSSR count). The molecule has 3 heteroatoms. The molecule has 0 spiro atoms. The molecule has 3 aromatic carbocycles. The zero-order valence-corrected chi connectivity index (χ0v) is 18.1. The van der Waals surface area contributed by atoms with E-state index in [1.54, 1.807) is 6.26 Å². The highest BCUT2D eigenvalue weighted by Crippen LogP contribution is 2.34. The van der Waals surface area contributed by atoms with Crippen LogP contribution >= 0.6 is 0 Å². The molecule has 0 unspecified atom stereocenters. The number of hydrogen-bond donors (Lipinski definition) is 0. The second kappa shape index (κ2) is 7.31. The van der Waals surface area contributed by atoms with Crippen LogP contribution in [0.15, 0.2) is 89.8 Å². The summed E-state index contributed by atoms with van der Waals surface area (Å²) in [7, 11) is 0. The van der Waals surface area contributed by atoms with Gasteiger partial charge in [-0.3, -0.25) is 9.97 Å². The van der Waals surface area contributed by atoms with E-state index in [4.69, 9.17) is 9.40 Å². The van der Waals surface area contributed by atoms with Crippen LogP contribution in [-0.4, -0.2) is 9.97 Å². The van der Waals surface area contributed by atoms with Crippen molar-refractivity contribution in [2.75, 3.05) is 0 Å². The van der Waals surface area contributed by atoms with Crippen molar-refractivity contribution in [2.24, 2.45) is 0 Å². The second-order valence-electron chi connectivity index (χ2n) is 8.58. The van der Waals surface area contributed by atoms with E-state index >= 15 is 0 Å². The maximum absolute atomic E-state index is 5.72. The van der Waals surface area contributed by atoms with E-state index in [9.17, 15) is 0 Å². The maximum Gasteiger partial charge on any atom is 0.160 e. The summed E-state index contributed by atoms with van der Waals surface area (Å²) < 4.78 is 5.72. The lowest BCUT2D eigenvalue weighted by molar-refractivity contribution is 0.618. The molecule has 0 amide bonds. The number of rotatable bonds is 3. The summed E-state index contributed by atoms with van der Waals surface area (Å²) in [5.74, 6) is 0. The van der Waals surface area contributed by atoms with Crippen LogP contribution in [0, 0.1) is 13.8 Å². The predicted molar refractivity (Wildman–Crippen MR) is 131 cm³/mol. The topological polar surface area (TPSA) is 38.9 Å². The average molecular weight is 415 g/mol. The molecular weight excluding hydrogens is 392 g/mol. The van der Waals surface area contributed by atoms with Gasteiger partial charge in [-0.05, 0) is 78.1 Å². The molecule has 0 N–H and O–H groups in total. The Bertz CT molecular complexity index is 1630. The van der Waals surface area contributed by atoms with Crippen LogP contribution < -0.4 is 0 Å². The van der Waals surface area contributed by atoms with Crippen molar-refractivity contribution in [1.82, 2.24) is 9.97 Å². The van der Waals surface area contributed by atoms with Gasteiger partial charge in [0.1, 0.15) is 5.52 Å². The number of nitrogens with zero attached hydrogens (tertiary/aromatic N) is 2. The summed E-state index contributed by atoms with van der Waals surface area (Å²) in [5, 5.41) is 4.67. The molecule has 0 saturated carbocycles. The summed E-state index contributed by atoms with van der Waals surface area (Å²) in [6, 6.07) is 23.9. The summed E-state index contributed by atoms with van der Waals surface area (Å²) in [4.78, 5) is 9.39. The normalized spacial score (nSPS) is 11.6. The molecule has 3 nitrogen and oxygen atoms in total. The van der Waals surface area contributed by atoms with Gasteiger partial charge in [0.2, 0.25) is 0 Å². The predicted octanol–water partition coefficient (Wildman–Crippen LogP) is 7.40. The van der Waals surface area contributed by atoms with Crippen LogP contribution in [0.1, 0.15) is 22.3 Å². The van der Waals surface area contributed by atoms with E-state index in [1.807, 2.05) is 18.5 Å². The molecule has 154 valence electrons. The zero-order chi connectivity index (χ0) is 21.7. The number of aromatic nitrogens is 2. The number of furan rings is 1. The molecule has 0 aliphatic carbocycles. The van der Waals surface area contributed by atoms with Crippen LogP contribution in [-0.2, 0) is 6.42 Å². The fraction of sp³-hybridized carbons (Fsp3) is 0.103. The Labute approximate surface area is 186 Å². The molecule has 3 heterocycles. The fourth-order valence-electron chi connectivity index (χ4n) is 4.52. The first-order valence-corrected chi connectivity index (χ1v) is 10.9. The van der Waals surface area contributed by atoms with Gasteiger partial charge in [-0.2, -0.15) is 0 Å². The van der Waals surface area contributed by atoms with E-state index in [2.05, 4.69) is 79.5 Å². The van der Waals surface area contributed by atoms with Crippen molar-refractivity contribution in [1.29, 1.82) is 0 Å². The lowest BCUT2D eigenvalue weighted by Gasteiger charge is -2.10. The Hall–Kier alpha value is -3.98. The number of hydrogen-bond acceptors (Lipinski definition) is 3. The molecule has 0 fully saturated rings. The first-order chi connectivity index (χ1) is 15.6. The van der Waals surface area contributed by atoms with Gasteiger partial charge >= 0.3 is 0 Å². The number of fused-ring (bicyclic) bond motifs is 4. The molecule has 0 bridgehead atoms. The van der Waals surface area contributed by atoms with Crippen molar-refractivity contribution in [3.8, 4) is 11.3 Å². The summed E-state index contributed by atoms with van der Waals surface area (Å²) in [6.45, 7) is 4.20. The largest absolute Gasteiger partial charge is 0.462 e. The summed E-state index contributed by atoms with van der Waals surface area (Å²) in [6.07, 6.45) is 6.38. The Morgan fingerprint density at radius 3 is 2.50 bits per heavy atom. The van der Waals surface area contributed by atoms with Crippen LogP contribution in [0.2, 0.25) is 0 Å². The van der Waals surface area contributed by atoms with Gasteiger partial charge in [-0.15, -0.1) is 0 Å². The highest BCUT2D eigenvalue weighted by Gasteiger charge is 2.13. The van der Waals surface area contributed by atoms with Crippen molar-refractivity contribution in [2.45, 2.75) is 20.3 Å². The van der Waals surface area contributed by atoms with Gasteiger partial charge in [-0.1, -0.05) is 42.0 Å². The Balaban J connectivity index is 1.44.